The van der Waals surface area contributed by atoms with Crippen LogP contribution in [0.2, 0.25) is 0 Å². The van der Waals surface area contributed by atoms with E-state index in [-0.39, 0.29) is 22.4 Å². The number of halogens is 2. The lowest BCUT2D eigenvalue weighted by Crippen LogP contribution is -2.49. The number of nitrogens with one attached hydrogen (secondary N) is 1. The van der Waals surface area contributed by atoms with E-state index in [4.69, 9.17) is 31.3 Å². The van der Waals surface area contributed by atoms with Crippen molar-refractivity contribution in [1.82, 2.24) is 29.5 Å². The molecule has 3 heterocycles. The second kappa shape index (κ2) is 19.5. The number of nitrogens with zero attached hydrogens (tertiary/aromatic N) is 6. The molecule has 2 aromatic heterocycles. The van der Waals surface area contributed by atoms with Crippen LogP contribution in [0.4, 0.5) is 20.3 Å². The Morgan fingerprint density at radius 2 is 1.32 bits per heavy atom. The number of rotatable bonds is 10. The summed E-state index contributed by atoms with van der Waals surface area (Å²) in [4.78, 5) is 51.6. The van der Waals surface area contributed by atoms with Crippen LogP contribution in [0.25, 0.3) is 22.3 Å². The van der Waals surface area contributed by atoms with E-state index in [2.05, 4.69) is 31.5 Å². The number of nitrogen functional groups attached to an aromatic ring is 1. The number of hydrogen-bond acceptors (Lipinski definition) is 12. The van der Waals surface area contributed by atoms with Gasteiger partial charge in [-0.2, -0.15) is 5.10 Å². The first-order chi connectivity index (χ1) is 26.9. The Labute approximate surface area is 324 Å². The smallest absolute Gasteiger partial charge is 0.328 e. The van der Waals surface area contributed by atoms with Gasteiger partial charge in [0.25, 0.3) is 10.0 Å². The highest BCUT2D eigenvalue weighted by atomic mass is 32.2. The fourth-order valence-corrected chi connectivity index (χ4v) is 7.22. The summed E-state index contributed by atoms with van der Waals surface area (Å²) in [6.07, 6.45) is 7.64. The van der Waals surface area contributed by atoms with Crippen LogP contribution in [0, 0.1) is 11.6 Å². The first-order valence-corrected chi connectivity index (χ1v) is 18.7. The monoisotopic (exact) mass is 814 g/mol. The van der Waals surface area contributed by atoms with Gasteiger partial charge in [0, 0.05) is 62.1 Å². The third-order valence-corrected chi connectivity index (χ3v) is 10.3. The summed E-state index contributed by atoms with van der Waals surface area (Å²) < 4.78 is 58.0. The van der Waals surface area contributed by atoms with Crippen molar-refractivity contribution in [2.24, 2.45) is 0 Å². The number of piperazine rings is 1. The zero-order chi connectivity index (χ0) is 41.9. The van der Waals surface area contributed by atoms with Gasteiger partial charge in [-0.05, 0) is 69.1 Å². The number of sulfonamides is 1. The number of nitrogens with two attached hydrogens (primary N) is 1. The first-order valence-electron chi connectivity index (χ1n) is 17.2. The van der Waals surface area contributed by atoms with Crippen LogP contribution in [-0.4, -0.2) is 122 Å². The van der Waals surface area contributed by atoms with Crippen molar-refractivity contribution in [2.75, 3.05) is 43.7 Å². The minimum absolute atomic E-state index is 0.121. The molecule has 0 bridgehead atoms. The quantitative estimate of drug-likeness (QED) is 0.125. The first kappa shape index (κ1) is 43.4. The van der Waals surface area contributed by atoms with Gasteiger partial charge in [-0.25, -0.2) is 51.0 Å². The lowest BCUT2D eigenvalue weighted by Gasteiger charge is -2.41. The number of fused-ring (bicyclic) bond motifs is 1. The number of aliphatic carboxylic acids is 4. The molecule has 6 rings (SSSR count). The van der Waals surface area contributed by atoms with Crippen LogP contribution in [0.15, 0.2) is 78.0 Å². The maximum absolute atomic E-state index is 15.3. The molecule has 0 unspecified atom stereocenters. The van der Waals surface area contributed by atoms with Crippen LogP contribution in [-0.2, 0) is 29.2 Å². The van der Waals surface area contributed by atoms with E-state index >= 15 is 4.39 Å². The molecule has 0 atom stereocenters. The number of carboxylic acid groups (broad SMARTS) is 4. The van der Waals surface area contributed by atoms with E-state index in [1.807, 2.05) is 4.68 Å². The molecule has 57 heavy (non-hydrogen) atoms. The number of carbonyl (C=O) groups is 4. The maximum Gasteiger partial charge on any atom is 0.328 e. The number of hydrogen-bond donors (Lipinski definition) is 6. The fraction of sp³-hybridized carbons (Fsp3) is 0.306. The number of benzene rings is 2. The predicted octanol–water partition coefficient (Wildman–Crippen LogP) is 3.31. The highest BCUT2D eigenvalue weighted by Gasteiger charge is 2.31. The van der Waals surface area contributed by atoms with Crippen molar-refractivity contribution in [3.63, 3.8) is 0 Å². The Hall–Kier alpha value is -6.32. The molecular weight excluding hydrogens is 775 g/mol. The Bertz CT molecular complexity index is 2190. The topological polar surface area (TPSA) is 271 Å². The molecule has 21 heteroatoms. The van der Waals surface area contributed by atoms with Crippen molar-refractivity contribution >= 4 is 56.4 Å². The van der Waals surface area contributed by atoms with Crippen molar-refractivity contribution in [1.29, 1.82) is 0 Å². The second-order valence-corrected chi connectivity index (χ2v) is 14.5. The van der Waals surface area contributed by atoms with Gasteiger partial charge < -0.3 is 31.1 Å². The van der Waals surface area contributed by atoms with Crippen LogP contribution >= 0.6 is 0 Å². The van der Waals surface area contributed by atoms with E-state index in [1.165, 1.54) is 18.5 Å². The molecule has 18 nitrogen and oxygen atoms in total. The lowest BCUT2D eigenvalue weighted by molar-refractivity contribution is -0.134. The minimum Gasteiger partial charge on any atom is -0.478 e. The van der Waals surface area contributed by atoms with E-state index in [0.717, 1.165) is 76.1 Å². The van der Waals surface area contributed by atoms with E-state index in [9.17, 15) is 32.0 Å². The number of likely N-dealkylation sites (N-methyl/N-ethyl adjacent to an activating group) is 1. The highest BCUT2D eigenvalue weighted by Crippen LogP contribution is 2.38. The molecule has 1 saturated carbocycles. The molecule has 304 valence electrons. The minimum atomic E-state index is -4.12. The molecule has 2 aliphatic rings. The summed E-state index contributed by atoms with van der Waals surface area (Å²) in [5.41, 5.74) is 7.48. The van der Waals surface area contributed by atoms with Gasteiger partial charge >= 0.3 is 23.9 Å². The van der Waals surface area contributed by atoms with Crippen LogP contribution in [0.5, 0.6) is 0 Å². The summed E-state index contributed by atoms with van der Waals surface area (Å²) in [7, 11) is -1.96. The summed E-state index contributed by atoms with van der Waals surface area (Å²) in [6, 6.07) is 9.09. The second-order valence-electron chi connectivity index (χ2n) is 12.8. The van der Waals surface area contributed by atoms with Crippen molar-refractivity contribution < 1.29 is 56.8 Å². The SMILES string of the molecule is CN1CCN(C2CCC(n3nc(-c4ccc(NS(=O)(=O)c5ccc(F)cc5)c(F)c4)c4c(N)ncnc43)CC2)CC1.O=C(O)/C=C\C(=O)O.O=C(O)/C=C\C(=O)O. The zero-order valence-corrected chi connectivity index (χ0v) is 31.2. The molecule has 4 aromatic rings. The molecule has 1 saturated heterocycles. The standard InChI is InChI=1S/C28H32F2N8O2S.2C4H4O4/c1-36-12-14-37(15-13-36)20-5-7-21(8-6-20)38-28-25(27(31)32-17-33-28)26(34-38)18-2-11-24(23(30)16-18)35-41(39,40)22-9-3-19(29)4-10-22;2*5-3(6)1-2-4(7)8/h2-4,9-11,16-17,20-21,35H,5-8,12-15H2,1H3,(H2,31,32,33);2*1-2H,(H,5,6)(H,7,8)/b;2*2-1-. The summed E-state index contributed by atoms with van der Waals surface area (Å²) in [6.45, 7) is 4.36. The van der Waals surface area contributed by atoms with Gasteiger partial charge in [0.15, 0.2) is 5.65 Å². The van der Waals surface area contributed by atoms with E-state index in [0.29, 0.717) is 52.6 Å². The lowest BCUT2D eigenvalue weighted by atomic mass is 9.90. The molecule has 1 aliphatic carbocycles. The van der Waals surface area contributed by atoms with E-state index < -0.39 is 45.5 Å². The molecule has 2 aromatic carbocycles. The summed E-state index contributed by atoms with van der Waals surface area (Å²) in [5, 5.41) is 36.6. The molecule has 7 N–H and O–H groups in total. The molecule has 1 aliphatic heterocycles. The van der Waals surface area contributed by atoms with Gasteiger partial charge in [0.1, 0.15) is 29.5 Å². The zero-order valence-electron chi connectivity index (χ0n) is 30.4. The largest absolute Gasteiger partial charge is 0.478 e. The summed E-state index contributed by atoms with van der Waals surface area (Å²) >= 11 is 0. The third kappa shape index (κ3) is 12.3. The molecule has 0 amide bonds. The van der Waals surface area contributed by atoms with Gasteiger partial charge in [-0.3, -0.25) is 9.62 Å². The Balaban J connectivity index is 0.000000379. The van der Waals surface area contributed by atoms with Crippen LogP contribution < -0.4 is 10.5 Å². The van der Waals surface area contributed by atoms with Crippen LogP contribution in [0.1, 0.15) is 31.7 Å². The highest BCUT2D eigenvalue weighted by molar-refractivity contribution is 7.92. The molecular formula is C36H40F2N8O10S. The average Bonchev–Trinajstić information content (AvgIpc) is 3.56. The molecule has 0 radical (unpaired) electrons. The molecule has 0 spiro atoms. The number of carboxylic acids is 4. The molecule has 2 fully saturated rings. The Morgan fingerprint density at radius 1 is 0.789 bits per heavy atom. The van der Waals surface area contributed by atoms with Crippen molar-refractivity contribution in [3.05, 3.63) is 84.7 Å². The number of aromatic nitrogens is 4. The third-order valence-electron chi connectivity index (χ3n) is 8.93. The van der Waals surface area contributed by atoms with Crippen molar-refractivity contribution in [2.45, 2.75) is 42.7 Å². The van der Waals surface area contributed by atoms with Gasteiger partial charge in [-0.15, -0.1) is 0 Å². The predicted molar refractivity (Wildman–Crippen MR) is 202 cm³/mol. The van der Waals surface area contributed by atoms with Gasteiger partial charge in [-0.1, -0.05) is 6.07 Å². The normalized spacial score (nSPS) is 17.7. The van der Waals surface area contributed by atoms with Gasteiger partial charge in [0.2, 0.25) is 0 Å². The van der Waals surface area contributed by atoms with Gasteiger partial charge in [0.05, 0.1) is 22.0 Å². The Morgan fingerprint density at radius 3 is 1.82 bits per heavy atom. The fourth-order valence-electron chi connectivity index (χ4n) is 6.15. The average molecular weight is 815 g/mol. The van der Waals surface area contributed by atoms with Crippen molar-refractivity contribution in [3.8, 4) is 11.3 Å². The van der Waals surface area contributed by atoms with E-state index in [1.54, 1.807) is 6.07 Å². The maximum atomic E-state index is 15.3. The summed E-state index contributed by atoms with van der Waals surface area (Å²) in [5.74, 6) is -6.15. The van der Waals surface area contributed by atoms with Crippen LogP contribution in [0.3, 0.4) is 0 Å². The number of anilines is 2. The Kier molecular flexibility index (Phi) is 14.9.